The fourth-order valence-corrected chi connectivity index (χ4v) is 2.25. The fourth-order valence-electron chi connectivity index (χ4n) is 2.25. The van der Waals surface area contributed by atoms with Crippen molar-refractivity contribution in [1.82, 2.24) is 5.32 Å². The standard InChI is InChI=1S/C20H26N2O5/c1-3-11-25-16-8-7-15(14-18(16)26-12-4-2)22-19(23)9-10-21-20(24)17-6-5-13-27-17/h5-8,13-14H,3-4,9-12H2,1-2H3,(H,21,24)(H,22,23). The first kappa shape index (κ1) is 20.4. The summed E-state index contributed by atoms with van der Waals surface area (Å²) >= 11 is 0. The minimum atomic E-state index is -0.347. The van der Waals surface area contributed by atoms with Crippen molar-refractivity contribution in [3.8, 4) is 11.5 Å². The average molecular weight is 374 g/mol. The van der Waals surface area contributed by atoms with Gasteiger partial charge in [0, 0.05) is 24.7 Å². The molecule has 0 saturated heterocycles. The zero-order valence-corrected chi connectivity index (χ0v) is 15.7. The van der Waals surface area contributed by atoms with Crippen LogP contribution in [0.3, 0.4) is 0 Å². The summed E-state index contributed by atoms with van der Waals surface area (Å²) in [6.07, 6.45) is 3.34. The van der Waals surface area contributed by atoms with Crippen molar-refractivity contribution in [2.75, 3.05) is 25.1 Å². The van der Waals surface area contributed by atoms with Crippen LogP contribution >= 0.6 is 0 Å². The minimum Gasteiger partial charge on any atom is -0.490 e. The molecule has 0 fully saturated rings. The maximum atomic E-state index is 12.1. The molecule has 1 aromatic carbocycles. The van der Waals surface area contributed by atoms with Crippen LogP contribution in [0.25, 0.3) is 0 Å². The van der Waals surface area contributed by atoms with E-state index in [-0.39, 0.29) is 30.5 Å². The van der Waals surface area contributed by atoms with Crippen LogP contribution in [0, 0.1) is 0 Å². The van der Waals surface area contributed by atoms with Gasteiger partial charge < -0.3 is 24.5 Å². The Balaban J connectivity index is 1.87. The second-order valence-electron chi connectivity index (χ2n) is 5.89. The van der Waals surface area contributed by atoms with E-state index in [4.69, 9.17) is 13.9 Å². The molecule has 0 aliphatic rings. The molecule has 0 bridgehead atoms. The third-order valence-corrected chi connectivity index (χ3v) is 3.53. The third-order valence-electron chi connectivity index (χ3n) is 3.53. The Morgan fingerprint density at radius 2 is 1.78 bits per heavy atom. The molecule has 1 heterocycles. The van der Waals surface area contributed by atoms with Gasteiger partial charge in [0.1, 0.15) is 0 Å². The molecule has 2 aromatic rings. The Morgan fingerprint density at radius 3 is 2.44 bits per heavy atom. The van der Waals surface area contributed by atoms with E-state index in [1.807, 2.05) is 13.8 Å². The molecular formula is C20H26N2O5. The van der Waals surface area contributed by atoms with E-state index < -0.39 is 0 Å². The molecule has 0 radical (unpaired) electrons. The first-order valence-corrected chi connectivity index (χ1v) is 9.15. The number of hydrogen-bond acceptors (Lipinski definition) is 5. The van der Waals surface area contributed by atoms with Gasteiger partial charge in [0.15, 0.2) is 17.3 Å². The molecule has 2 amide bonds. The van der Waals surface area contributed by atoms with Crippen LogP contribution < -0.4 is 20.1 Å². The number of rotatable bonds is 11. The maximum Gasteiger partial charge on any atom is 0.286 e. The number of amides is 2. The summed E-state index contributed by atoms with van der Waals surface area (Å²) in [5.74, 6) is 0.929. The maximum absolute atomic E-state index is 12.1. The number of benzene rings is 1. The average Bonchev–Trinajstić information content (AvgIpc) is 3.20. The molecule has 146 valence electrons. The third kappa shape index (κ3) is 6.69. The van der Waals surface area contributed by atoms with Gasteiger partial charge in [-0.1, -0.05) is 13.8 Å². The molecule has 0 spiro atoms. The first-order valence-electron chi connectivity index (χ1n) is 9.15. The van der Waals surface area contributed by atoms with Crippen molar-refractivity contribution < 1.29 is 23.5 Å². The summed E-state index contributed by atoms with van der Waals surface area (Å²) in [6, 6.07) is 8.50. The lowest BCUT2D eigenvalue weighted by Gasteiger charge is -2.14. The van der Waals surface area contributed by atoms with Crippen LogP contribution in [0.5, 0.6) is 11.5 Å². The van der Waals surface area contributed by atoms with Crippen molar-refractivity contribution in [2.24, 2.45) is 0 Å². The molecule has 0 aliphatic heterocycles. The smallest absolute Gasteiger partial charge is 0.286 e. The highest BCUT2D eigenvalue weighted by atomic mass is 16.5. The van der Waals surface area contributed by atoms with Gasteiger partial charge in [-0.25, -0.2) is 0 Å². The van der Waals surface area contributed by atoms with Gasteiger partial charge in [0.2, 0.25) is 5.91 Å². The highest BCUT2D eigenvalue weighted by Gasteiger charge is 2.11. The second-order valence-corrected chi connectivity index (χ2v) is 5.89. The number of ether oxygens (including phenoxy) is 2. The van der Waals surface area contributed by atoms with E-state index in [0.717, 1.165) is 12.8 Å². The van der Waals surface area contributed by atoms with E-state index in [2.05, 4.69) is 10.6 Å². The number of hydrogen-bond donors (Lipinski definition) is 2. The van der Waals surface area contributed by atoms with Gasteiger partial charge in [0.05, 0.1) is 19.5 Å². The second kappa shape index (κ2) is 10.9. The van der Waals surface area contributed by atoms with Crippen LogP contribution in [0.4, 0.5) is 5.69 Å². The van der Waals surface area contributed by atoms with Gasteiger partial charge in [-0.2, -0.15) is 0 Å². The van der Waals surface area contributed by atoms with E-state index in [0.29, 0.717) is 30.4 Å². The van der Waals surface area contributed by atoms with Crippen LogP contribution in [0.1, 0.15) is 43.7 Å². The quantitative estimate of drug-likeness (QED) is 0.627. The number of furan rings is 1. The van der Waals surface area contributed by atoms with Crippen LogP contribution in [0.15, 0.2) is 41.0 Å². The van der Waals surface area contributed by atoms with E-state index >= 15 is 0 Å². The number of carbonyl (C=O) groups is 2. The zero-order valence-electron chi connectivity index (χ0n) is 15.7. The van der Waals surface area contributed by atoms with Gasteiger partial charge in [-0.05, 0) is 37.1 Å². The SMILES string of the molecule is CCCOc1ccc(NC(=O)CCNC(=O)c2ccco2)cc1OCCC. The summed E-state index contributed by atoms with van der Waals surface area (Å²) in [7, 11) is 0. The van der Waals surface area contributed by atoms with Crippen molar-refractivity contribution in [3.63, 3.8) is 0 Å². The van der Waals surface area contributed by atoms with Gasteiger partial charge in [-0.15, -0.1) is 0 Å². The topological polar surface area (TPSA) is 89.8 Å². The highest BCUT2D eigenvalue weighted by Crippen LogP contribution is 2.31. The Hall–Kier alpha value is -2.96. The molecular weight excluding hydrogens is 348 g/mol. The van der Waals surface area contributed by atoms with Crippen molar-refractivity contribution >= 4 is 17.5 Å². The predicted octanol–water partition coefficient (Wildman–Crippen LogP) is 3.62. The lowest BCUT2D eigenvalue weighted by Crippen LogP contribution is -2.27. The Kier molecular flexibility index (Phi) is 8.22. The number of carbonyl (C=O) groups excluding carboxylic acids is 2. The summed E-state index contributed by atoms with van der Waals surface area (Å²) in [6.45, 7) is 5.44. The van der Waals surface area contributed by atoms with Crippen LogP contribution in [-0.4, -0.2) is 31.6 Å². The number of anilines is 1. The van der Waals surface area contributed by atoms with Gasteiger partial charge in [-0.3, -0.25) is 9.59 Å². The molecule has 1 aromatic heterocycles. The van der Waals surface area contributed by atoms with Crippen LogP contribution in [0.2, 0.25) is 0 Å². The Bertz CT molecular complexity index is 728. The van der Waals surface area contributed by atoms with Crippen molar-refractivity contribution in [3.05, 3.63) is 42.4 Å². The lowest BCUT2D eigenvalue weighted by atomic mass is 10.2. The van der Waals surface area contributed by atoms with E-state index in [9.17, 15) is 9.59 Å². The van der Waals surface area contributed by atoms with E-state index in [1.165, 1.54) is 6.26 Å². The molecule has 7 heteroatoms. The number of nitrogens with one attached hydrogen (secondary N) is 2. The molecule has 0 aliphatic carbocycles. The Labute approximate surface area is 159 Å². The summed E-state index contributed by atoms with van der Waals surface area (Å²) in [4.78, 5) is 23.9. The van der Waals surface area contributed by atoms with Gasteiger partial charge in [0.25, 0.3) is 5.91 Å². The lowest BCUT2D eigenvalue weighted by molar-refractivity contribution is -0.116. The monoisotopic (exact) mass is 374 g/mol. The van der Waals surface area contributed by atoms with Gasteiger partial charge >= 0.3 is 0 Å². The first-order chi connectivity index (χ1) is 13.1. The highest BCUT2D eigenvalue weighted by molar-refractivity contribution is 5.93. The summed E-state index contributed by atoms with van der Waals surface area (Å²) in [5, 5.41) is 5.44. The van der Waals surface area contributed by atoms with E-state index in [1.54, 1.807) is 30.3 Å². The van der Waals surface area contributed by atoms with Crippen molar-refractivity contribution in [2.45, 2.75) is 33.1 Å². The molecule has 27 heavy (non-hydrogen) atoms. The summed E-state index contributed by atoms with van der Waals surface area (Å²) < 4.78 is 16.4. The molecule has 2 rings (SSSR count). The Morgan fingerprint density at radius 1 is 1.04 bits per heavy atom. The molecule has 7 nitrogen and oxygen atoms in total. The summed E-state index contributed by atoms with van der Waals surface area (Å²) in [5.41, 5.74) is 0.618. The normalized spacial score (nSPS) is 10.3. The minimum absolute atomic E-state index is 0.145. The molecule has 0 atom stereocenters. The zero-order chi connectivity index (χ0) is 19.5. The predicted molar refractivity (Wildman–Crippen MR) is 102 cm³/mol. The molecule has 2 N–H and O–H groups in total. The fraction of sp³-hybridized carbons (Fsp3) is 0.400. The molecule has 0 saturated carbocycles. The van der Waals surface area contributed by atoms with Crippen LogP contribution in [-0.2, 0) is 4.79 Å². The largest absolute Gasteiger partial charge is 0.490 e. The molecule has 0 unspecified atom stereocenters. The van der Waals surface area contributed by atoms with Crippen molar-refractivity contribution in [1.29, 1.82) is 0 Å².